The molecule has 19 heavy (non-hydrogen) atoms. The average molecular weight is 265 g/mol. The van der Waals surface area contributed by atoms with Gasteiger partial charge in [0.2, 0.25) is 0 Å². The second-order valence-electron chi connectivity index (χ2n) is 5.15. The van der Waals surface area contributed by atoms with Crippen LogP contribution in [0.25, 0.3) is 0 Å². The summed E-state index contributed by atoms with van der Waals surface area (Å²) in [6.45, 7) is 2.41. The first kappa shape index (κ1) is 13.6. The molecule has 0 radical (unpaired) electrons. The highest BCUT2D eigenvalue weighted by molar-refractivity contribution is 5.97. The van der Waals surface area contributed by atoms with Crippen molar-refractivity contribution in [1.29, 1.82) is 0 Å². The number of carboxylic acids is 1. The number of aliphatic carboxylic acids is 1. The Morgan fingerprint density at radius 1 is 1.42 bits per heavy atom. The maximum atomic E-state index is 12.1. The summed E-state index contributed by atoms with van der Waals surface area (Å²) in [6, 6.07) is 0. The number of nitrogens with one attached hydrogen (secondary N) is 1. The highest BCUT2D eigenvalue weighted by Gasteiger charge is 2.22. The molecule has 0 saturated heterocycles. The molecule has 0 unspecified atom stereocenters. The molecule has 0 spiro atoms. The Morgan fingerprint density at radius 3 is 2.74 bits per heavy atom. The van der Waals surface area contributed by atoms with Crippen LogP contribution >= 0.6 is 0 Å². The summed E-state index contributed by atoms with van der Waals surface area (Å²) in [5.41, 5.74) is 1.06. The topological polar surface area (TPSA) is 79.5 Å². The van der Waals surface area contributed by atoms with Gasteiger partial charge in [-0.05, 0) is 25.7 Å². The van der Waals surface area contributed by atoms with Crippen molar-refractivity contribution >= 4 is 11.9 Å². The molecule has 104 valence electrons. The summed E-state index contributed by atoms with van der Waals surface area (Å²) in [5, 5.41) is 11.7. The van der Waals surface area contributed by atoms with E-state index in [1.807, 2.05) is 0 Å². The van der Waals surface area contributed by atoms with E-state index in [-0.39, 0.29) is 18.1 Å². The van der Waals surface area contributed by atoms with Crippen molar-refractivity contribution < 1.29 is 19.1 Å². The Balaban J connectivity index is 2.00. The first-order valence-electron chi connectivity index (χ1n) is 6.65. The second kappa shape index (κ2) is 5.91. The van der Waals surface area contributed by atoms with Gasteiger partial charge in [-0.3, -0.25) is 9.59 Å². The van der Waals surface area contributed by atoms with Crippen molar-refractivity contribution in [3.05, 3.63) is 23.2 Å². The Kier molecular flexibility index (Phi) is 4.24. The lowest BCUT2D eigenvalue weighted by Gasteiger charge is -2.10. The Labute approximate surface area is 112 Å². The van der Waals surface area contributed by atoms with Crippen LogP contribution in [0.2, 0.25) is 0 Å². The van der Waals surface area contributed by atoms with Crippen LogP contribution < -0.4 is 5.32 Å². The van der Waals surface area contributed by atoms with E-state index in [4.69, 9.17) is 9.52 Å². The number of furan rings is 1. The minimum absolute atomic E-state index is 0.227. The van der Waals surface area contributed by atoms with E-state index in [1.54, 1.807) is 6.92 Å². The molecular formula is C14H19NO4. The van der Waals surface area contributed by atoms with Gasteiger partial charge in [0.25, 0.3) is 5.91 Å². The molecule has 5 nitrogen and oxygen atoms in total. The van der Waals surface area contributed by atoms with Gasteiger partial charge < -0.3 is 14.8 Å². The lowest BCUT2D eigenvalue weighted by molar-refractivity contribution is -0.136. The van der Waals surface area contributed by atoms with E-state index < -0.39 is 5.97 Å². The fourth-order valence-corrected chi connectivity index (χ4v) is 2.61. The average Bonchev–Trinajstić information content (AvgIpc) is 2.96. The third-order valence-electron chi connectivity index (χ3n) is 3.62. The molecule has 1 amide bonds. The number of hydrogen-bond donors (Lipinski definition) is 2. The van der Waals surface area contributed by atoms with E-state index >= 15 is 0 Å². The third-order valence-corrected chi connectivity index (χ3v) is 3.62. The first-order valence-corrected chi connectivity index (χ1v) is 6.65. The largest absolute Gasteiger partial charge is 0.481 e. The summed E-state index contributed by atoms with van der Waals surface area (Å²) >= 11 is 0. The minimum atomic E-state index is -1.00. The van der Waals surface area contributed by atoms with Gasteiger partial charge in [0.1, 0.15) is 12.2 Å². The SMILES string of the molecule is Cc1coc(CC(=O)O)c1C(=O)NCC1CCCC1. The van der Waals surface area contributed by atoms with Gasteiger partial charge >= 0.3 is 5.97 Å². The van der Waals surface area contributed by atoms with Crippen LogP contribution in [0, 0.1) is 12.8 Å². The van der Waals surface area contributed by atoms with Gasteiger partial charge in [-0.1, -0.05) is 12.8 Å². The normalized spacial score (nSPS) is 15.6. The maximum absolute atomic E-state index is 12.1. The number of carbonyl (C=O) groups is 2. The molecule has 0 atom stereocenters. The number of carboxylic acid groups (broad SMARTS) is 1. The standard InChI is InChI=1S/C14H19NO4/c1-9-8-19-11(6-12(16)17)13(9)14(18)15-7-10-4-2-3-5-10/h8,10H,2-7H2,1H3,(H,15,18)(H,16,17). The number of carbonyl (C=O) groups excluding carboxylic acids is 1. The molecule has 5 heteroatoms. The van der Waals surface area contributed by atoms with Crippen LogP contribution in [0.4, 0.5) is 0 Å². The van der Waals surface area contributed by atoms with Crippen molar-refractivity contribution in [2.75, 3.05) is 6.54 Å². The van der Waals surface area contributed by atoms with Crippen molar-refractivity contribution in [3.8, 4) is 0 Å². The molecule has 1 aromatic heterocycles. The zero-order valence-electron chi connectivity index (χ0n) is 11.1. The quantitative estimate of drug-likeness (QED) is 0.854. The molecule has 0 bridgehead atoms. The van der Waals surface area contributed by atoms with E-state index in [2.05, 4.69) is 5.32 Å². The summed E-state index contributed by atoms with van der Waals surface area (Å²) in [7, 11) is 0. The molecule has 1 saturated carbocycles. The minimum Gasteiger partial charge on any atom is -0.481 e. The highest BCUT2D eigenvalue weighted by atomic mass is 16.4. The van der Waals surface area contributed by atoms with Crippen LogP contribution in [0.1, 0.15) is 47.4 Å². The summed E-state index contributed by atoms with van der Waals surface area (Å²) in [4.78, 5) is 22.8. The summed E-state index contributed by atoms with van der Waals surface area (Å²) in [6.07, 6.45) is 5.95. The van der Waals surface area contributed by atoms with Gasteiger partial charge in [-0.25, -0.2) is 0 Å². The Hall–Kier alpha value is -1.78. The lowest BCUT2D eigenvalue weighted by atomic mass is 10.1. The van der Waals surface area contributed by atoms with Crippen molar-refractivity contribution in [2.45, 2.75) is 39.0 Å². The molecular weight excluding hydrogens is 246 g/mol. The zero-order valence-corrected chi connectivity index (χ0v) is 11.1. The number of amides is 1. The van der Waals surface area contributed by atoms with Crippen LogP contribution in [0.5, 0.6) is 0 Å². The maximum Gasteiger partial charge on any atom is 0.311 e. The zero-order chi connectivity index (χ0) is 13.8. The predicted octanol–water partition coefficient (Wildman–Crippen LogP) is 2.14. The number of aryl methyl sites for hydroxylation is 1. The molecule has 0 aliphatic heterocycles. The molecule has 1 fully saturated rings. The first-order chi connectivity index (χ1) is 9.08. The molecule has 0 aromatic carbocycles. The Bertz CT molecular complexity index is 472. The van der Waals surface area contributed by atoms with Crippen LogP contribution in [0.3, 0.4) is 0 Å². The molecule has 2 rings (SSSR count). The van der Waals surface area contributed by atoms with E-state index in [0.717, 1.165) is 12.8 Å². The fourth-order valence-electron chi connectivity index (χ4n) is 2.61. The highest BCUT2D eigenvalue weighted by Crippen LogP contribution is 2.24. The summed E-state index contributed by atoms with van der Waals surface area (Å²) in [5.74, 6) is -0.443. The van der Waals surface area contributed by atoms with Gasteiger partial charge in [-0.15, -0.1) is 0 Å². The number of hydrogen-bond acceptors (Lipinski definition) is 3. The Morgan fingerprint density at radius 2 is 2.11 bits per heavy atom. The van der Waals surface area contributed by atoms with Gasteiger partial charge in [-0.2, -0.15) is 0 Å². The van der Waals surface area contributed by atoms with E-state index in [0.29, 0.717) is 23.6 Å². The molecule has 2 N–H and O–H groups in total. The lowest BCUT2D eigenvalue weighted by Crippen LogP contribution is -2.29. The summed E-state index contributed by atoms with van der Waals surface area (Å²) < 4.78 is 5.16. The molecule has 1 aromatic rings. The van der Waals surface area contributed by atoms with Gasteiger partial charge in [0.15, 0.2) is 0 Å². The fraction of sp³-hybridized carbons (Fsp3) is 0.571. The molecule has 1 heterocycles. The van der Waals surface area contributed by atoms with Crippen LogP contribution in [-0.4, -0.2) is 23.5 Å². The van der Waals surface area contributed by atoms with E-state index in [1.165, 1.54) is 19.1 Å². The smallest absolute Gasteiger partial charge is 0.311 e. The van der Waals surface area contributed by atoms with Crippen LogP contribution in [-0.2, 0) is 11.2 Å². The van der Waals surface area contributed by atoms with Gasteiger partial charge in [0, 0.05) is 12.1 Å². The van der Waals surface area contributed by atoms with Crippen molar-refractivity contribution in [1.82, 2.24) is 5.32 Å². The molecule has 1 aliphatic rings. The monoisotopic (exact) mass is 265 g/mol. The van der Waals surface area contributed by atoms with Crippen molar-refractivity contribution in [2.24, 2.45) is 5.92 Å². The van der Waals surface area contributed by atoms with Crippen molar-refractivity contribution in [3.63, 3.8) is 0 Å². The molecule has 1 aliphatic carbocycles. The second-order valence-corrected chi connectivity index (χ2v) is 5.15. The third kappa shape index (κ3) is 3.36. The van der Waals surface area contributed by atoms with Crippen LogP contribution in [0.15, 0.2) is 10.7 Å². The predicted molar refractivity (Wildman–Crippen MR) is 69.1 cm³/mol. The van der Waals surface area contributed by atoms with E-state index in [9.17, 15) is 9.59 Å². The van der Waals surface area contributed by atoms with Gasteiger partial charge in [0.05, 0.1) is 11.8 Å². The number of rotatable bonds is 5.